The summed E-state index contributed by atoms with van der Waals surface area (Å²) in [5, 5.41) is 13.3. The lowest BCUT2D eigenvalue weighted by Gasteiger charge is -1.96. The molecule has 1 N–H and O–H groups in total. The molecule has 0 aliphatic rings. The van der Waals surface area contributed by atoms with Gasteiger partial charge in [-0.1, -0.05) is 11.2 Å². The summed E-state index contributed by atoms with van der Waals surface area (Å²) in [7, 11) is 0. The van der Waals surface area contributed by atoms with Gasteiger partial charge < -0.3 is 9.63 Å². The first-order valence-corrected chi connectivity index (χ1v) is 6.27. The molecule has 0 aliphatic carbocycles. The quantitative estimate of drug-likeness (QED) is 0.785. The summed E-state index contributed by atoms with van der Waals surface area (Å²) >= 11 is 3.39. The summed E-state index contributed by atoms with van der Waals surface area (Å²) in [6.45, 7) is 0. The van der Waals surface area contributed by atoms with Gasteiger partial charge in [0.25, 0.3) is 5.89 Å². The van der Waals surface area contributed by atoms with Gasteiger partial charge in [-0.25, -0.2) is 0 Å². The first-order valence-electron chi connectivity index (χ1n) is 5.48. The van der Waals surface area contributed by atoms with Crippen molar-refractivity contribution >= 4 is 15.9 Å². The first kappa shape index (κ1) is 11.9. The average molecular weight is 318 g/mol. The summed E-state index contributed by atoms with van der Waals surface area (Å²) < 4.78 is 5.97. The predicted molar refractivity (Wildman–Crippen MR) is 72.3 cm³/mol. The maximum absolute atomic E-state index is 9.43. The minimum absolute atomic E-state index is 0.149. The molecule has 3 aromatic rings. The number of phenols is 1. The van der Waals surface area contributed by atoms with Crippen LogP contribution in [0.4, 0.5) is 0 Å². The molecule has 0 aliphatic heterocycles. The predicted octanol–water partition coefficient (Wildman–Crippen LogP) is 3.27. The normalized spacial score (nSPS) is 10.6. The minimum Gasteiger partial charge on any atom is -0.508 e. The topological polar surface area (TPSA) is 72.0 Å². The van der Waals surface area contributed by atoms with Crippen molar-refractivity contribution in [3.05, 3.63) is 47.1 Å². The standard InChI is InChI=1S/C13H8BrN3O2/c14-10-5-2-6-15-11(10)12-16-13(19-17-12)8-3-1-4-9(18)7-8/h1-7,18H. The molecule has 0 unspecified atom stereocenters. The number of hydrogen-bond acceptors (Lipinski definition) is 5. The monoisotopic (exact) mass is 317 g/mol. The van der Waals surface area contributed by atoms with Crippen LogP contribution in [-0.2, 0) is 0 Å². The van der Waals surface area contributed by atoms with Crippen LogP contribution in [0.1, 0.15) is 0 Å². The fourth-order valence-corrected chi connectivity index (χ4v) is 2.06. The molecule has 94 valence electrons. The summed E-state index contributed by atoms with van der Waals surface area (Å²) in [4.78, 5) is 8.46. The van der Waals surface area contributed by atoms with E-state index in [1.807, 2.05) is 12.1 Å². The van der Waals surface area contributed by atoms with Crippen LogP contribution in [0.5, 0.6) is 5.75 Å². The highest BCUT2D eigenvalue weighted by atomic mass is 79.9. The van der Waals surface area contributed by atoms with E-state index in [1.54, 1.807) is 30.5 Å². The molecule has 3 rings (SSSR count). The highest BCUT2D eigenvalue weighted by molar-refractivity contribution is 9.10. The second kappa shape index (κ2) is 4.81. The molecule has 6 heteroatoms. The number of aromatic nitrogens is 3. The molecule has 0 saturated carbocycles. The molecule has 0 atom stereocenters. The molecule has 0 spiro atoms. The van der Waals surface area contributed by atoms with E-state index in [0.717, 1.165) is 4.47 Å². The Morgan fingerprint density at radius 1 is 1.16 bits per heavy atom. The van der Waals surface area contributed by atoms with Crippen molar-refractivity contribution in [2.24, 2.45) is 0 Å². The van der Waals surface area contributed by atoms with Crippen molar-refractivity contribution < 1.29 is 9.63 Å². The Labute approximate surface area is 117 Å². The zero-order valence-corrected chi connectivity index (χ0v) is 11.2. The highest BCUT2D eigenvalue weighted by Crippen LogP contribution is 2.27. The zero-order chi connectivity index (χ0) is 13.2. The zero-order valence-electron chi connectivity index (χ0n) is 9.62. The number of phenolic OH excluding ortho intramolecular Hbond substituents is 1. The average Bonchev–Trinajstić information content (AvgIpc) is 2.89. The van der Waals surface area contributed by atoms with Crippen LogP contribution in [0.2, 0.25) is 0 Å². The van der Waals surface area contributed by atoms with E-state index >= 15 is 0 Å². The van der Waals surface area contributed by atoms with Gasteiger partial charge in [0, 0.05) is 16.2 Å². The third-order valence-electron chi connectivity index (χ3n) is 2.49. The van der Waals surface area contributed by atoms with E-state index in [1.165, 1.54) is 0 Å². The maximum atomic E-state index is 9.43. The molecule has 1 aromatic carbocycles. The van der Waals surface area contributed by atoms with E-state index < -0.39 is 0 Å². The molecule has 19 heavy (non-hydrogen) atoms. The molecule has 0 bridgehead atoms. The third kappa shape index (κ3) is 2.34. The second-order valence-electron chi connectivity index (χ2n) is 3.81. The van der Waals surface area contributed by atoms with Gasteiger partial charge in [-0.15, -0.1) is 0 Å². The molecule has 0 radical (unpaired) electrons. The Bertz CT molecular complexity index is 727. The van der Waals surface area contributed by atoms with Gasteiger partial charge in [0.2, 0.25) is 5.82 Å². The minimum atomic E-state index is 0.149. The van der Waals surface area contributed by atoms with Crippen LogP contribution < -0.4 is 0 Å². The third-order valence-corrected chi connectivity index (χ3v) is 3.13. The van der Waals surface area contributed by atoms with Crippen LogP contribution in [0.25, 0.3) is 23.0 Å². The summed E-state index contributed by atoms with van der Waals surface area (Å²) in [5.74, 6) is 0.880. The Balaban J connectivity index is 2.03. The molecule has 0 fully saturated rings. The number of hydrogen-bond donors (Lipinski definition) is 1. The van der Waals surface area contributed by atoms with Gasteiger partial charge in [0.15, 0.2) is 0 Å². The van der Waals surface area contributed by atoms with E-state index in [4.69, 9.17) is 4.52 Å². The van der Waals surface area contributed by atoms with Crippen LogP contribution in [0.3, 0.4) is 0 Å². The van der Waals surface area contributed by atoms with Crippen LogP contribution in [-0.4, -0.2) is 20.2 Å². The smallest absolute Gasteiger partial charge is 0.258 e. The van der Waals surface area contributed by atoms with Gasteiger partial charge >= 0.3 is 0 Å². The number of benzene rings is 1. The molecule has 5 nitrogen and oxygen atoms in total. The molecule has 2 aromatic heterocycles. The van der Waals surface area contributed by atoms with Crippen molar-refractivity contribution in [1.82, 2.24) is 15.1 Å². The van der Waals surface area contributed by atoms with Gasteiger partial charge in [0.05, 0.1) is 0 Å². The van der Waals surface area contributed by atoms with Crippen molar-refractivity contribution in [3.63, 3.8) is 0 Å². The van der Waals surface area contributed by atoms with Crippen molar-refractivity contribution in [1.29, 1.82) is 0 Å². The number of nitrogens with zero attached hydrogens (tertiary/aromatic N) is 3. The summed E-state index contributed by atoms with van der Waals surface area (Å²) in [6.07, 6.45) is 1.66. The van der Waals surface area contributed by atoms with E-state index in [-0.39, 0.29) is 5.75 Å². The Kier molecular flexibility index (Phi) is 3.00. The largest absolute Gasteiger partial charge is 0.508 e. The maximum Gasteiger partial charge on any atom is 0.258 e. The fourth-order valence-electron chi connectivity index (χ4n) is 1.63. The number of aromatic hydroxyl groups is 1. The molecular weight excluding hydrogens is 310 g/mol. The van der Waals surface area contributed by atoms with E-state index in [2.05, 4.69) is 31.1 Å². The molecular formula is C13H8BrN3O2. The summed E-state index contributed by atoms with van der Waals surface area (Å²) in [5.41, 5.74) is 1.27. The Morgan fingerprint density at radius 2 is 2.05 bits per heavy atom. The van der Waals surface area contributed by atoms with Crippen LogP contribution >= 0.6 is 15.9 Å². The fraction of sp³-hybridized carbons (Fsp3) is 0. The number of halogens is 1. The van der Waals surface area contributed by atoms with Gasteiger partial charge in [0.1, 0.15) is 11.4 Å². The van der Waals surface area contributed by atoms with Gasteiger partial charge in [-0.2, -0.15) is 4.98 Å². The molecule has 0 amide bonds. The molecule has 2 heterocycles. The van der Waals surface area contributed by atoms with Crippen molar-refractivity contribution in [3.8, 4) is 28.7 Å². The van der Waals surface area contributed by atoms with Gasteiger partial charge in [-0.05, 0) is 46.3 Å². The summed E-state index contributed by atoms with van der Waals surface area (Å²) in [6, 6.07) is 10.3. The van der Waals surface area contributed by atoms with Gasteiger partial charge in [-0.3, -0.25) is 4.98 Å². The first-order chi connectivity index (χ1) is 9.24. The molecule has 0 saturated heterocycles. The lowest BCUT2D eigenvalue weighted by atomic mass is 10.2. The van der Waals surface area contributed by atoms with Crippen molar-refractivity contribution in [2.75, 3.05) is 0 Å². The van der Waals surface area contributed by atoms with E-state index in [9.17, 15) is 5.11 Å². The Morgan fingerprint density at radius 3 is 2.84 bits per heavy atom. The van der Waals surface area contributed by atoms with Crippen molar-refractivity contribution in [2.45, 2.75) is 0 Å². The van der Waals surface area contributed by atoms with Crippen LogP contribution in [0, 0.1) is 0 Å². The lowest BCUT2D eigenvalue weighted by Crippen LogP contribution is -1.86. The SMILES string of the molecule is Oc1cccc(-c2nc(-c3ncccc3Br)no2)c1. The number of rotatable bonds is 2. The highest BCUT2D eigenvalue weighted by Gasteiger charge is 2.13. The lowest BCUT2D eigenvalue weighted by molar-refractivity contribution is 0.431. The van der Waals surface area contributed by atoms with E-state index in [0.29, 0.717) is 23.0 Å². The number of pyridine rings is 1. The van der Waals surface area contributed by atoms with Crippen LogP contribution in [0.15, 0.2) is 51.6 Å². The Hall–Kier alpha value is -2.21. The second-order valence-corrected chi connectivity index (χ2v) is 4.66.